The van der Waals surface area contributed by atoms with Crippen molar-refractivity contribution in [2.75, 3.05) is 13.2 Å². The Morgan fingerprint density at radius 1 is 1.36 bits per heavy atom. The van der Waals surface area contributed by atoms with Crippen molar-refractivity contribution in [3.05, 3.63) is 12.7 Å². The monoisotopic (exact) mass is 224 g/mol. The van der Waals surface area contributed by atoms with Gasteiger partial charge in [0.1, 0.15) is 0 Å². The molecule has 1 saturated heterocycles. The van der Waals surface area contributed by atoms with Crippen LogP contribution in [-0.2, 0) is 18.4 Å². The number of carboxylic acid groups (broad SMARTS) is 1. The number of phosphoric acid groups is 1. The Bertz CT molecular complexity index is 226. The molecule has 7 heteroatoms. The summed E-state index contributed by atoms with van der Waals surface area (Å²) >= 11 is 0. The molecular formula is C7H13O6P. The van der Waals surface area contributed by atoms with E-state index in [1.807, 2.05) is 0 Å². The average Bonchev–Trinajstić information content (AvgIpc) is 2.30. The summed E-state index contributed by atoms with van der Waals surface area (Å²) in [5, 5.41) is 7.60. The van der Waals surface area contributed by atoms with Crippen LogP contribution >= 0.6 is 7.82 Å². The van der Waals surface area contributed by atoms with E-state index in [4.69, 9.17) is 10.00 Å². The molecule has 2 N–H and O–H groups in total. The molecule has 1 heterocycles. The van der Waals surface area contributed by atoms with Crippen molar-refractivity contribution >= 4 is 13.8 Å². The third-order valence-electron chi connectivity index (χ3n) is 1.22. The Balaban J connectivity index is 0.000000292. The van der Waals surface area contributed by atoms with E-state index >= 15 is 0 Å². The van der Waals surface area contributed by atoms with Crippen LogP contribution < -0.4 is 0 Å². The van der Waals surface area contributed by atoms with Gasteiger partial charge < -0.3 is 10.00 Å². The van der Waals surface area contributed by atoms with Crippen LogP contribution in [0.5, 0.6) is 0 Å². The van der Waals surface area contributed by atoms with Crippen LogP contribution in [0, 0.1) is 0 Å². The Morgan fingerprint density at radius 2 is 1.71 bits per heavy atom. The van der Waals surface area contributed by atoms with Crippen molar-refractivity contribution in [2.24, 2.45) is 0 Å². The summed E-state index contributed by atoms with van der Waals surface area (Å²) < 4.78 is 19.5. The molecule has 0 aliphatic carbocycles. The van der Waals surface area contributed by atoms with Crippen LogP contribution in [0.2, 0.25) is 0 Å². The Labute approximate surface area is 81.8 Å². The lowest BCUT2D eigenvalue weighted by Gasteiger charge is -2.05. The highest BCUT2D eigenvalue weighted by Crippen LogP contribution is 2.44. The van der Waals surface area contributed by atoms with Gasteiger partial charge in [0.2, 0.25) is 0 Å². The van der Waals surface area contributed by atoms with Gasteiger partial charge in [-0.1, -0.05) is 6.58 Å². The highest BCUT2D eigenvalue weighted by Gasteiger charge is 2.22. The van der Waals surface area contributed by atoms with Crippen molar-refractivity contribution in [1.82, 2.24) is 0 Å². The fraction of sp³-hybridized carbons (Fsp3) is 0.571. The van der Waals surface area contributed by atoms with E-state index in [0.29, 0.717) is 13.2 Å². The molecular weight excluding hydrogens is 211 g/mol. The van der Waals surface area contributed by atoms with Crippen LogP contribution in [0.25, 0.3) is 0 Å². The van der Waals surface area contributed by atoms with E-state index in [9.17, 15) is 9.36 Å². The fourth-order valence-corrected chi connectivity index (χ4v) is 1.40. The first-order chi connectivity index (χ1) is 6.48. The van der Waals surface area contributed by atoms with Crippen molar-refractivity contribution in [1.29, 1.82) is 0 Å². The van der Waals surface area contributed by atoms with Crippen molar-refractivity contribution in [3.63, 3.8) is 0 Å². The number of aliphatic carboxylic acids is 1. The van der Waals surface area contributed by atoms with E-state index in [2.05, 4.69) is 15.6 Å². The molecule has 0 atom stereocenters. The number of hydrogen-bond donors (Lipinski definition) is 2. The van der Waals surface area contributed by atoms with Gasteiger partial charge in [-0.25, -0.2) is 9.36 Å². The molecule has 0 aromatic carbocycles. The maximum Gasteiger partial charge on any atom is 0.472 e. The number of carbonyl (C=O) groups is 1. The van der Waals surface area contributed by atoms with Gasteiger partial charge in [0.05, 0.1) is 13.2 Å². The normalized spacial score (nSPS) is 19.8. The molecule has 0 spiro atoms. The van der Waals surface area contributed by atoms with E-state index < -0.39 is 13.8 Å². The number of hydrogen-bond acceptors (Lipinski definition) is 4. The second-order valence-corrected chi connectivity index (χ2v) is 3.84. The van der Waals surface area contributed by atoms with Gasteiger partial charge in [-0.3, -0.25) is 9.05 Å². The zero-order valence-electron chi connectivity index (χ0n) is 7.59. The minimum atomic E-state index is -3.63. The van der Waals surface area contributed by atoms with Crippen LogP contribution in [0.4, 0.5) is 0 Å². The summed E-state index contributed by atoms with van der Waals surface area (Å²) in [6, 6.07) is 0. The molecule has 0 radical (unpaired) electrons. The minimum Gasteiger partial charge on any atom is -0.478 e. The van der Waals surface area contributed by atoms with Crippen molar-refractivity contribution in [2.45, 2.75) is 12.8 Å². The third kappa shape index (κ3) is 7.94. The van der Waals surface area contributed by atoms with Crippen molar-refractivity contribution < 1.29 is 28.4 Å². The largest absolute Gasteiger partial charge is 0.478 e. The first-order valence-electron chi connectivity index (χ1n) is 3.95. The average molecular weight is 224 g/mol. The number of carboxylic acids is 1. The van der Waals surface area contributed by atoms with Gasteiger partial charge >= 0.3 is 13.8 Å². The summed E-state index contributed by atoms with van der Waals surface area (Å²) in [4.78, 5) is 17.9. The van der Waals surface area contributed by atoms with Crippen LogP contribution in [-0.4, -0.2) is 29.2 Å². The molecule has 0 amide bonds. The molecule has 0 saturated carbocycles. The van der Waals surface area contributed by atoms with Crippen LogP contribution in [0.1, 0.15) is 12.8 Å². The third-order valence-corrected chi connectivity index (χ3v) is 2.24. The van der Waals surface area contributed by atoms with Gasteiger partial charge in [0, 0.05) is 6.08 Å². The quantitative estimate of drug-likeness (QED) is 0.513. The van der Waals surface area contributed by atoms with Crippen LogP contribution in [0.15, 0.2) is 12.7 Å². The second kappa shape index (κ2) is 6.73. The topological polar surface area (TPSA) is 93.1 Å². The van der Waals surface area contributed by atoms with Gasteiger partial charge in [-0.2, -0.15) is 0 Å². The minimum absolute atomic E-state index is 0.327. The number of phosphoric ester groups is 1. The zero-order valence-corrected chi connectivity index (χ0v) is 8.48. The lowest BCUT2D eigenvalue weighted by molar-refractivity contribution is -0.131. The summed E-state index contributed by atoms with van der Waals surface area (Å²) in [6.07, 6.45) is 2.43. The zero-order chi connectivity index (χ0) is 11.0. The van der Waals surface area contributed by atoms with E-state index in [0.717, 1.165) is 18.9 Å². The maximum absolute atomic E-state index is 10.6. The molecule has 1 aliphatic rings. The van der Waals surface area contributed by atoms with Gasteiger partial charge in [-0.15, -0.1) is 0 Å². The first kappa shape index (κ1) is 13.3. The van der Waals surface area contributed by atoms with Crippen molar-refractivity contribution in [3.8, 4) is 0 Å². The standard InChI is InChI=1S/C4H9O4P.C3H4O2/c5-9(6)7-3-1-2-4-8-9;1-2-3(4)5/h1-4H2,(H,5,6);2H,1H2,(H,4,5). The molecule has 6 nitrogen and oxygen atoms in total. The van der Waals surface area contributed by atoms with Gasteiger partial charge in [0.25, 0.3) is 0 Å². The molecule has 1 aliphatic heterocycles. The maximum atomic E-state index is 10.6. The smallest absolute Gasteiger partial charge is 0.472 e. The predicted molar refractivity (Wildman–Crippen MR) is 48.8 cm³/mol. The SMILES string of the molecule is C=CC(=O)O.O=P1(O)OCCCCO1. The molecule has 0 aromatic rings. The lowest BCUT2D eigenvalue weighted by Crippen LogP contribution is -1.89. The lowest BCUT2D eigenvalue weighted by atomic mass is 10.3. The molecule has 0 aromatic heterocycles. The van der Waals surface area contributed by atoms with Gasteiger partial charge in [-0.05, 0) is 12.8 Å². The Hall–Kier alpha value is -0.680. The second-order valence-electron chi connectivity index (χ2n) is 2.38. The van der Waals surface area contributed by atoms with Crippen LogP contribution in [0.3, 0.4) is 0 Å². The molecule has 82 valence electrons. The summed E-state index contributed by atoms with van der Waals surface area (Å²) in [5.41, 5.74) is 0. The summed E-state index contributed by atoms with van der Waals surface area (Å²) in [7, 11) is -3.63. The predicted octanol–water partition coefficient (Wildman–Crippen LogP) is 1.17. The Morgan fingerprint density at radius 3 is 2.00 bits per heavy atom. The fourth-order valence-electron chi connectivity index (χ4n) is 0.601. The van der Waals surface area contributed by atoms with E-state index in [1.54, 1.807) is 0 Å². The highest BCUT2D eigenvalue weighted by atomic mass is 31.2. The molecule has 1 rings (SSSR count). The summed E-state index contributed by atoms with van der Waals surface area (Å²) in [5.74, 6) is -0.981. The Kier molecular flexibility index (Phi) is 6.40. The molecule has 0 bridgehead atoms. The first-order valence-corrected chi connectivity index (χ1v) is 5.45. The molecule has 0 unspecified atom stereocenters. The summed E-state index contributed by atoms with van der Waals surface area (Å²) in [6.45, 7) is 3.61. The molecule has 14 heavy (non-hydrogen) atoms. The highest BCUT2D eigenvalue weighted by molar-refractivity contribution is 7.47. The van der Waals surface area contributed by atoms with E-state index in [-0.39, 0.29) is 0 Å². The molecule has 1 fully saturated rings. The van der Waals surface area contributed by atoms with Gasteiger partial charge in [0.15, 0.2) is 0 Å². The van der Waals surface area contributed by atoms with E-state index in [1.165, 1.54) is 0 Å². The number of rotatable bonds is 1.